The molecule has 1 aliphatic carbocycles. The molecule has 0 bridgehead atoms. The van der Waals surface area contributed by atoms with Crippen LogP contribution in [0.5, 0.6) is 0 Å². The number of ketones is 1. The van der Waals surface area contributed by atoms with E-state index in [1.54, 1.807) is 31.2 Å². The highest BCUT2D eigenvalue weighted by molar-refractivity contribution is 6.05. The molecule has 130 valence electrons. The summed E-state index contributed by atoms with van der Waals surface area (Å²) < 4.78 is 0. The van der Waals surface area contributed by atoms with Crippen LogP contribution in [0, 0.1) is 10.1 Å². The third-order valence-corrected chi connectivity index (χ3v) is 4.07. The van der Waals surface area contributed by atoms with Crippen molar-refractivity contribution in [3.8, 4) is 0 Å². The highest BCUT2D eigenvalue weighted by atomic mass is 16.6. The second-order valence-electron chi connectivity index (χ2n) is 6.09. The van der Waals surface area contributed by atoms with Crippen molar-refractivity contribution in [2.75, 3.05) is 0 Å². The van der Waals surface area contributed by atoms with Crippen molar-refractivity contribution in [2.45, 2.75) is 13.5 Å². The van der Waals surface area contributed by atoms with Crippen LogP contribution in [0.4, 0.5) is 5.69 Å². The van der Waals surface area contributed by atoms with Gasteiger partial charge in [-0.05, 0) is 53.5 Å². The molecule has 0 atom stereocenters. The monoisotopic (exact) mass is 346 g/mol. The Labute approximate surface area is 151 Å². The number of nitrogens with zero attached hydrogens (tertiary/aromatic N) is 2. The van der Waals surface area contributed by atoms with Crippen LogP contribution < -0.4 is 0 Å². The van der Waals surface area contributed by atoms with Gasteiger partial charge >= 0.3 is 0 Å². The van der Waals surface area contributed by atoms with E-state index in [9.17, 15) is 14.9 Å². The fraction of sp³-hybridized carbons (Fsp3) is 0.0952. The molecule has 1 heterocycles. The normalized spacial score (nSPS) is 17.7. The summed E-state index contributed by atoms with van der Waals surface area (Å²) >= 11 is 0. The van der Waals surface area contributed by atoms with E-state index in [4.69, 9.17) is 0 Å². The third-order valence-electron chi connectivity index (χ3n) is 4.07. The van der Waals surface area contributed by atoms with Crippen LogP contribution in [-0.4, -0.2) is 15.6 Å². The van der Waals surface area contributed by atoms with Crippen molar-refractivity contribution in [3.05, 3.63) is 112 Å². The van der Waals surface area contributed by atoms with Gasteiger partial charge < -0.3 is 4.90 Å². The Bertz CT molecular complexity index is 914. The molecular weight excluding hydrogens is 328 g/mol. The average molecular weight is 346 g/mol. The van der Waals surface area contributed by atoms with Crippen LogP contribution >= 0.6 is 0 Å². The fourth-order valence-electron chi connectivity index (χ4n) is 2.63. The zero-order valence-corrected chi connectivity index (χ0v) is 14.3. The first-order valence-corrected chi connectivity index (χ1v) is 8.19. The van der Waals surface area contributed by atoms with Gasteiger partial charge in [-0.15, -0.1) is 0 Å². The number of rotatable bonds is 4. The Kier molecular flexibility index (Phi) is 5.08. The second kappa shape index (κ2) is 7.61. The minimum absolute atomic E-state index is 0.0454. The van der Waals surface area contributed by atoms with E-state index >= 15 is 0 Å². The summed E-state index contributed by atoms with van der Waals surface area (Å²) in [6, 6.07) is 6.64. The highest BCUT2D eigenvalue weighted by Crippen LogP contribution is 2.18. The molecule has 0 unspecified atom stereocenters. The largest absolute Gasteiger partial charge is 0.350 e. The molecule has 0 aromatic heterocycles. The van der Waals surface area contributed by atoms with Crippen molar-refractivity contribution < 1.29 is 9.72 Å². The predicted molar refractivity (Wildman–Crippen MR) is 101 cm³/mol. The Hall–Kier alpha value is -3.47. The second-order valence-corrected chi connectivity index (χ2v) is 6.09. The van der Waals surface area contributed by atoms with E-state index in [0.717, 1.165) is 22.3 Å². The molecule has 0 fully saturated rings. The molecule has 5 nitrogen and oxygen atoms in total. The first kappa shape index (κ1) is 17.4. The van der Waals surface area contributed by atoms with Crippen molar-refractivity contribution >= 4 is 11.5 Å². The molecule has 0 N–H and O–H groups in total. The summed E-state index contributed by atoms with van der Waals surface area (Å²) in [4.78, 5) is 23.9. The molecule has 0 saturated carbocycles. The van der Waals surface area contributed by atoms with Gasteiger partial charge in [0.25, 0.3) is 5.69 Å². The van der Waals surface area contributed by atoms with E-state index < -0.39 is 0 Å². The lowest BCUT2D eigenvalue weighted by Gasteiger charge is -2.18. The van der Waals surface area contributed by atoms with Crippen LogP contribution in [0.3, 0.4) is 0 Å². The minimum atomic E-state index is -0.386. The van der Waals surface area contributed by atoms with Crippen LogP contribution in [0.1, 0.15) is 12.5 Å². The summed E-state index contributed by atoms with van der Waals surface area (Å²) in [5, 5.41) is 10.9. The molecule has 26 heavy (non-hydrogen) atoms. The van der Waals surface area contributed by atoms with E-state index in [-0.39, 0.29) is 16.4 Å². The van der Waals surface area contributed by atoms with Gasteiger partial charge in [0, 0.05) is 31.1 Å². The minimum Gasteiger partial charge on any atom is -0.350 e. The van der Waals surface area contributed by atoms with Crippen LogP contribution in [0.15, 0.2) is 95.9 Å². The van der Waals surface area contributed by atoms with Gasteiger partial charge in [-0.1, -0.05) is 30.4 Å². The summed E-state index contributed by atoms with van der Waals surface area (Å²) in [6.45, 7) is 2.37. The molecule has 3 rings (SSSR count). The molecule has 1 aromatic rings. The van der Waals surface area contributed by atoms with E-state index in [2.05, 4.69) is 0 Å². The quantitative estimate of drug-likeness (QED) is 0.600. The first-order chi connectivity index (χ1) is 12.5. The molecule has 0 amide bonds. The fourth-order valence-corrected chi connectivity index (χ4v) is 2.63. The van der Waals surface area contributed by atoms with Gasteiger partial charge in [0.2, 0.25) is 0 Å². The molecule has 0 spiro atoms. The van der Waals surface area contributed by atoms with Crippen molar-refractivity contribution in [1.82, 2.24) is 4.90 Å². The van der Waals surface area contributed by atoms with E-state index in [1.165, 1.54) is 6.07 Å². The van der Waals surface area contributed by atoms with E-state index in [1.807, 2.05) is 53.7 Å². The number of hydrogen-bond acceptors (Lipinski definition) is 4. The van der Waals surface area contributed by atoms with Gasteiger partial charge in [0.1, 0.15) is 0 Å². The number of carbonyl (C=O) groups is 1. The van der Waals surface area contributed by atoms with E-state index in [0.29, 0.717) is 6.54 Å². The average Bonchev–Trinajstić information content (AvgIpc) is 2.64. The Morgan fingerprint density at radius 3 is 2.50 bits per heavy atom. The number of benzene rings is 1. The summed E-state index contributed by atoms with van der Waals surface area (Å²) in [6.07, 6.45) is 17.0. The van der Waals surface area contributed by atoms with Gasteiger partial charge in [-0.2, -0.15) is 0 Å². The lowest BCUT2D eigenvalue weighted by molar-refractivity contribution is -0.384. The van der Waals surface area contributed by atoms with Gasteiger partial charge in [-0.3, -0.25) is 14.9 Å². The summed E-state index contributed by atoms with van der Waals surface area (Å²) in [5.74, 6) is 0.0454. The smallest absolute Gasteiger partial charge is 0.269 e. The molecule has 5 heteroatoms. The van der Waals surface area contributed by atoms with Crippen molar-refractivity contribution in [2.24, 2.45) is 0 Å². The number of allylic oxidation sites excluding steroid dienone is 10. The zero-order valence-electron chi connectivity index (χ0n) is 14.3. The lowest BCUT2D eigenvalue weighted by Crippen LogP contribution is -2.11. The molecule has 2 aliphatic rings. The number of carbonyl (C=O) groups excluding carboxylic acids is 1. The van der Waals surface area contributed by atoms with Gasteiger partial charge in [-0.25, -0.2) is 0 Å². The number of nitro groups is 1. The van der Waals surface area contributed by atoms with Crippen LogP contribution in [0.25, 0.3) is 0 Å². The lowest BCUT2D eigenvalue weighted by atomic mass is 10.0. The highest BCUT2D eigenvalue weighted by Gasteiger charge is 2.08. The number of nitro benzene ring substituents is 1. The van der Waals surface area contributed by atoms with Crippen molar-refractivity contribution in [3.63, 3.8) is 0 Å². The summed E-state index contributed by atoms with van der Waals surface area (Å²) in [7, 11) is 0. The standard InChI is InChI=1S/C21H18N2O3/c1-16-13-18(7-8-21(16)24)6-5-17-9-11-22(12-10-17)15-19-3-2-4-20(14-19)23(25)26/h2-14H,15H2,1H3. The molecular formula is C21H18N2O3. The van der Waals surface area contributed by atoms with Gasteiger partial charge in [0.15, 0.2) is 5.78 Å². The predicted octanol–water partition coefficient (Wildman–Crippen LogP) is 4.38. The maximum Gasteiger partial charge on any atom is 0.269 e. The van der Waals surface area contributed by atoms with Crippen LogP contribution in [-0.2, 0) is 11.3 Å². The molecule has 0 radical (unpaired) electrons. The topological polar surface area (TPSA) is 63.4 Å². The molecule has 1 aliphatic heterocycles. The summed E-state index contributed by atoms with van der Waals surface area (Å²) in [5.41, 5.74) is 3.72. The van der Waals surface area contributed by atoms with Crippen molar-refractivity contribution in [1.29, 1.82) is 0 Å². The number of hydrogen-bond donors (Lipinski definition) is 0. The maximum atomic E-state index is 11.4. The first-order valence-electron chi connectivity index (χ1n) is 8.19. The zero-order chi connectivity index (χ0) is 18.5. The van der Waals surface area contributed by atoms with Crippen LogP contribution in [0.2, 0.25) is 0 Å². The Morgan fingerprint density at radius 1 is 1.08 bits per heavy atom. The Morgan fingerprint density at radius 2 is 1.81 bits per heavy atom. The SMILES string of the molecule is CC1=CC(=CC=C2C=CN(Cc3cccc([N+](=O)[O-])c3)C=C2)C=CC1=O. The third kappa shape index (κ3) is 4.33. The number of non-ortho nitro benzene ring substituents is 1. The molecule has 0 saturated heterocycles. The molecule has 1 aromatic carbocycles. The Balaban J connectivity index is 1.65. The maximum absolute atomic E-state index is 11.4. The van der Waals surface area contributed by atoms with Gasteiger partial charge in [0.05, 0.1) is 4.92 Å².